The van der Waals surface area contributed by atoms with Crippen LogP contribution in [0.2, 0.25) is 0 Å². The molecule has 0 aromatic heterocycles. The molecular weight excluding hydrogens is 235 g/mol. The average molecular weight is 256 g/mol. The molecule has 1 atom stereocenters. The van der Waals surface area contributed by atoms with Crippen molar-refractivity contribution >= 4 is 14.5 Å². The lowest BCUT2D eigenvalue weighted by Gasteiger charge is -2.23. The Morgan fingerprint density at radius 3 is 2.06 bits per heavy atom. The number of hydrogen-bond acceptors (Lipinski definition) is 0. The summed E-state index contributed by atoms with van der Waals surface area (Å²) >= 11 is 0. The molecule has 94 valence electrons. The largest absolute Gasteiger partial charge is 0.105 e. The predicted octanol–water partition coefficient (Wildman–Crippen LogP) is 4.46. The molecule has 0 bridgehead atoms. The van der Waals surface area contributed by atoms with Crippen LogP contribution in [0.3, 0.4) is 0 Å². The molecule has 1 unspecified atom stereocenters. The van der Waals surface area contributed by atoms with Crippen molar-refractivity contribution in [1.29, 1.82) is 0 Å². The summed E-state index contributed by atoms with van der Waals surface area (Å²) in [5.74, 6) is 0. The molecule has 0 N–H and O–H groups in total. The Bertz CT molecular complexity index is 562. The zero-order chi connectivity index (χ0) is 13.3. The van der Waals surface area contributed by atoms with Crippen LogP contribution in [0.1, 0.15) is 31.9 Å². The monoisotopic (exact) mass is 256 g/mol. The van der Waals surface area contributed by atoms with Gasteiger partial charge in [-0.05, 0) is 39.9 Å². The van der Waals surface area contributed by atoms with Gasteiger partial charge in [-0.15, -0.1) is 9.24 Å². The molecule has 0 fully saturated rings. The van der Waals surface area contributed by atoms with Crippen LogP contribution in [0.4, 0.5) is 0 Å². The van der Waals surface area contributed by atoms with Gasteiger partial charge in [-0.25, -0.2) is 0 Å². The van der Waals surface area contributed by atoms with E-state index in [-0.39, 0.29) is 5.41 Å². The zero-order valence-electron chi connectivity index (χ0n) is 11.6. The molecular formula is C17H21P. The molecule has 0 aliphatic rings. The first-order chi connectivity index (χ1) is 8.41. The van der Waals surface area contributed by atoms with Gasteiger partial charge in [-0.1, -0.05) is 63.2 Å². The van der Waals surface area contributed by atoms with E-state index in [0.717, 1.165) is 0 Å². The summed E-state index contributed by atoms with van der Waals surface area (Å²) in [6, 6.07) is 15.2. The predicted molar refractivity (Wildman–Crippen MR) is 84.7 cm³/mol. The Balaban J connectivity index is 2.64. The van der Waals surface area contributed by atoms with Gasteiger partial charge in [-0.2, -0.15) is 0 Å². The maximum absolute atomic E-state index is 2.93. The topological polar surface area (TPSA) is 0 Å². The molecule has 0 amide bonds. The second-order valence-electron chi connectivity index (χ2n) is 5.83. The van der Waals surface area contributed by atoms with Gasteiger partial charge >= 0.3 is 0 Å². The molecule has 2 aromatic rings. The van der Waals surface area contributed by atoms with Gasteiger partial charge in [0.15, 0.2) is 0 Å². The Morgan fingerprint density at radius 1 is 0.833 bits per heavy atom. The van der Waals surface area contributed by atoms with Gasteiger partial charge < -0.3 is 0 Å². The number of hydrogen-bond donors (Lipinski definition) is 0. The van der Waals surface area contributed by atoms with Crippen LogP contribution in [0.15, 0.2) is 42.5 Å². The van der Waals surface area contributed by atoms with E-state index >= 15 is 0 Å². The number of rotatable bonds is 1. The van der Waals surface area contributed by atoms with E-state index in [9.17, 15) is 0 Å². The summed E-state index contributed by atoms with van der Waals surface area (Å²) in [5, 5.41) is 1.32. The summed E-state index contributed by atoms with van der Waals surface area (Å²) in [5.41, 5.74) is 5.55. The third kappa shape index (κ3) is 2.49. The molecule has 2 rings (SSSR count). The SMILES string of the molecule is Cc1ccccc1-c1cccc(C(C)(C)C)c1P. The third-order valence-corrected chi connectivity index (χ3v) is 3.97. The number of benzene rings is 2. The van der Waals surface area contributed by atoms with Crippen LogP contribution in [0, 0.1) is 6.92 Å². The smallest absolute Gasteiger partial charge is 0.0107 e. The van der Waals surface area contributed by atoms with Gasteiger partial charge in [0.25, 0.3) is 0 Å². The molecule has 0 aliphatic carbocycles. The molecule has 0 spiro atoms. The highest BCUT2D eigenvalue weighted by Crippen LogP contribution is 2.29. The van der Waals surface area contributed by atoms with Crippen molar-refractivity contribution in [2.75, 3.05) is 0 Å². The number of aryl methyl sites for hydroxylation is 1. The van der Waals surface area contributed by atoms with Gasteiger partial charge in [0, 0.05) is 0 Å². The highest BCUT2D eigenvalue weighted by molar-refractivity contribution is 7.28. The van der Waals surface area contributed by atoms with Gasteiger partial charge in [0.05, 0.1) is 0 Å². The molecule has 0 heterocycles. The molecule has 0 saturated carbocycles. The fourth-order valence-corrected chi connectivity index (χ4v) is 3.11. The molecule has 0 nitrogen and oxygen atoms in total. The van der Waals surface area contributed by atoms with Crippen LogP contribution < -0.4 is 5.30 Å². The maximum Gasteiger partial charge on any atom is -0.0107 e. The first-order valence-corrected chi connectivity index (χ1v) is 6.94. The maximum atomic E-state index is 2.93. The Morgan fingerprint density at radius 2 is 1.44 bits per heavy atom. The van der Waals surface area contributed by atoms with Crippen molar-refractivity contribution < 1.29 is 0 Å². The van der Waals surface area contributed by atoms with E-state index < -0.39 is 0 Å². The quantitative estimate of drug-likeness (QED) is 0.661. The van der Waals surface area contributed by atoms with Crippen LogP contribution >= 0.6 is 9.24 Å². The van der Waals surface area contributed by atoms with E-state index in [1.54, 1.807) is 0 Å². The average Bonchev–Trinajstić information content (AvgIpc) is 2.29. The van der Waals surface area contributed by atoms with Crippen molar-refractivity contribution in [2.45, 2.75) is 33.1 Å². The lowest BCUT2D eigenvalue weighted by molar-refractivity contribution is 0.594. The summed E-state index contributed by atoms with van der Waals surface area (Å²) < 4.78 is 0. The van der Waals surface area contributed by atoms with Crippen LogP contribution in [0.5, 0.6) is 0 Å². The lowest BCUT2D eigenvalue weighted by atomic mass is 9.85. The normalized spacial score (nSPS) is 11.6. The third-order valence-electron chi connectivity index (χ3n) is 3.35. The van der Waals surface area contributed by atoms with E-state index in [1.165, 1.54) is 27.6 Å². The highest BCUT2D eigenvalue weighted by atomic mass is 31.0. The Labute approximate surface area is 113 Å². The Kier molecular flexibility index (Phi) is 3.59. The first-order valence-electron chi connectivity index (χ1n) is 6.36. The zero-order valence-corrected chi connectivity index (χ0v) is 12.8. The van der Waals surface area contributed by atoms with E-state index in [1.807, 2.05) is 0 Å². The summed E-state index contributed by atoms with van der Waals surface area (Å²) in [7, 11) is 2.93. The van der Waals surface area contributed by atoms with E-state index in [2.05, 4.69) is 79.4 Å². The Hall–Kier alpha value is -1.13. The first kappa shape index (κ1) is 13.3. The highest BCUT2D eigenvalue weighted by Gasteiger charge is 2.18. The second kappa shape index (κ2) is 4.86. The van der Waals surface area contributed by atoms with E-state index in [4.69, 9.17) is 0 Å². The molecule has 18 heavy (non-hydrogen) atoms. The fourth-order valence-electron chi connectivity index (χ4n) is 2.33. The molecule has 0 saturated heterocycles. The molecule has 0 aliphatic heterocycles. The minimum atomic E-state index is 0.176. The van der Waals surface area contributed by atoms with Crippen molar-refractivity contribution in [3.8, 4) is 11.1 Å². The van der Waals surface area contributed by atoms with Gasteiger partial charge in [0.2, 0.25) is 0 Å². The fraction of sp³-hybridized carbons (Fsp3) is 0.294. The summed E-state index contributed by atoms with van der Waals surface area (Å²) in [4.78, 5) is 0. The summed E-state index contributed by atoms with van der Waals surface area (Å²) in [6.07, 6.45) is 0. The van der Waals surface area contributed by atoms with E-state index in [0.29, 0.717) is 0 Å². The molecule has 0 radical (unpaired) electrons. The van der Waals surface area contributed by atoms with Crippen molar-refractivity contribution in [2.24, 2.45) is 0 Å². The van der Waals surface area contributed by atoms with Crippen molar-refractivity contribution in [1.82, 2.24) is 0 Å². The van der Waals surface area contributed by atoms with Gasteiger partial charge in [-0.3, -0.25) is 0 Å². The van der Waals surface area contributed by atoms with Crippen molar-refractivity contribution in [3.05, 3.63) is 53.6 Å². The van der Waals surface area contributed by atoms with Crippen LogP contribution in [-0.2, 0) is 5.41 Å². The minimum Gasteiger partial charge on any atom is -0.105 e. The summed E-state index contributed by atoms with van der Waals surface area (Å²) in [6.45, 7) is 8.95. The second-order valence-corrected chi connectivity index (χ2v) is 6.41. The molecule has 2 aromatic carbocycles. The molecule has 1 heteroatoms. The lowest BCUT2D eigenvalue weighted by Crippen LogP contribution is -2.20. The van der Waals surface area contributed by atoms with Crippen LogP contribution in [0.25, 0.3) is 11.1 Å². The minimum absolute atomic E-state index is 0.176. The standard InChI is InChI=1S/C17H21P/c1-12-8-5-6-9-13(12)14-10-7-11-15(16(14)18)17(2,3)4/h5-11H,18H2,1-4H3. The van der Waals surface area contributed by atoms with Gasteiger partial charge in [0.1, 0.15) is 0 Å². The van der Waals surface area contributed by atoms with Crippen molar-refractivity contribution in [3.63, 3.8) is 0 Å². The van der Waals surface area contributed by atoms with Crippen LogP contribution in [-0.4, -0.2) is 0 Å².